The summed E-state index contributed by atoms with van der Waals surface area (Å²) in [5.74, 6) is -1.89. The van der Waals surface area contributed by atoms with Crippen molar-refractivity contribution in [3.05, 3.63) is 82.8 Å². The number of allylic oxidation sites excluding steroid dienone is 1. The summed E-state index contributed by atoms with van der Waals surface area (Å²) in [6, 6.07) is 13.8. The summed E-state index contributed by atoms with van der Waals surface area (Å²) < 4.78 is 22.9. The molecule has 0 bridgehead atoms. The van der Waals surface area contributed by atoms with Gasteiger partial charge in [0.05, 0.1) is 12.7 Å². The van der Waals surface area contributed by atoms with Crippen LogP contribution < -0.4 is 11.1 Å². The highest BCUT2D eigenvalue weighted by atomic mass is 19.1. The van der Waals surface area contributed by atoms with E-state index in [9.17, 15) is 14.0 Å². The molecule has 0 saturated heterocycles. The summed E-state index contributed by atoms with van der Waals surface area (Å²) in [7, 11) is 1.21. The number of carbonyl (C=O) groups is 2. The fourth-order valence-corrected chi connectivity index (χ4v) is 2.49. The Morgan fingerprint density at radius 1 is 1.07 bits per heavy atom. The summed E-state index contributed by atoms with van der Waals surface area (Å²) in [6.45, 7) is 2.00. The third kappa shape index (κ3) is 5.92. The van der Waals surface area contributed by atoms with E-state index in [-0.39, 0.29) is 18.0 Å². The van der Waals surface area contributed by atoms with Crippen LogP contribution in [0, 0.1) is 5.82 Å². The predicted octanol–water partition coefficient (Wildman–Crippen LogP) is 2.43. The summed E-state index contributed by atoms with van der Waals surface area (Å²) in [5.41, 5.74) is 7.97. The van der Waals surface area contributed by atoms with E-state index in [0.717, 1.165) is 5.56 Å². The molecule has 2 aromatic rings. The minimum Gasteiger partial charge on any atom is -0.466 e. The van der Waals surface area contributed by atoms with Crippen LogP contribution in [-0.4, -0.2) is 25.1 Å². The van der Waals surface area contributed by atoms with Gasteiger partial charge < -0.3 is 20.5 Å². The molecule has 0 amide bonds. The number of halogens is 1. The van der Waals surface area contributed by atoms with Gasteiger partial charge in [0.2, 0.25) is 0 Å². The molecule has 0 aliphatic rings. The van der Waals surface area contributed by atoms with E-state index < -0.39 is 18.0 Å². The van der Waals surface area contributed by atoms with Crippen LogP contribution in [-0.2, 0) is 32.2 Å². The lowest BCUT2D eigenvalue weighted by molar-refractivity contribution is -0.148. The number of ether oxygens (including phenoxy) is 2. The lowest BCUT2D eigenvalue weighted by atomic mass is 10.1. The van der Waals surface area contributed by atoms with Crippen LogP contribution in [0.15, 0.2) is 65.9 Å². The highest BCUT2D eigenvalue weighted by molar-refractivity contribution is 5.98. The average Bonchev–Trinajstić information content (AvgIpc) is 2.72. The topological polar surface area (TPSA) is 90.6 Å². The maximum absolute atomic E-state index is 12.9. The molecular weight excluding hydrogens is 363 g/mol. The van der Waals surface area contributed by atoms with Gasteiger partial charge in [-0.1, -0.05) is 42.5 Å². The first-order valence-electron chi connectivity index (χ1n) is 8.66. The van der Waals surface area contributed by atoms with E-state index in [0.29, 0.717) is 17.8 Å². The molecule has 0 aromatic heterocycles. The average molecular weight is 386 g/mol. The lowest BCUT2D eigenvalue weighted by Crippen LogP contribution is -2.39. The van der Waals surface area contributed by atoms with Crippen molar-refractivity contribution in [2.45, 2.75) is 26.1 Å². The molecular formula is C21H23FN2O4. The van der Waals surface area contributed by atoms with Gasteiger partial charge in [-0.3, -0.25) is 0 Å². The molecule has 0 saturated carbocycles. The van der Waals surface area contributed by atoms with Crippen LogP contribution in [0.1, 0.15) is 18.1 Å². The molecule has 148 valence electrons. The van der Waals surface area contributed by atoms with Crippen molar-refractivity contribution in [1.82, 2.24) is 5.32 Å². The van der Waals surface area contributed by atoms with E-state index in [1.54, 1.807) is 6.92 Å². The maximum Gasteiger partial charge on any atom is 0.337 e. The summed E-state index contributed by atoms with van der Waals surface area (Å²) in [5, 5.41) is 3.08. The highest BCUT2D eigenvalue weighted by Crippen LogP contribution is 2.12. The quantitative estimate of drug-likeness (QED) is 0.535. The zero-order chi connectivity index (χ0) is 20.5. The summed E-state index contributed by atoms with van der Waals surface area (Å²) >= 11 is 0. The van der Waals surface area contributed by atoms with Crippen molar-refractivity contribution < 1.29 is 23.5 Å². The number of benzene rings is 2. The number of esters is 2. The molecule has 3 N–H and O–H groups in total. The largest absolute Gasteiger partial charge is 0.466 e. The van der Waals surface area contributed by atoms with Crippen molar-refractivity contribution in [1.29, 1.82) is 0 Å². The first-order chi connectivity index (χ1) is 13.4. The Kier molecular flexibility index (Phi) is 7.71. The van der Waals surface area contributed by atoms with Crippen LogP contribution in [0.4, 0.5) is 4.39 Å². The summed E-state index contributed by atoms with van der Waals surface area (Å²) in [4.78, 5) is 24.5. The predicted molar refractivity (Wildman–Crippen MR) is 102 cm³/mol. The minimum atomic E-state index is -1.32. The number of methoxy groups -OCH3 is 1. The van der Waals surface area contributed by atoms with Crippen molar-refractivity contribution in [3.8, 4) is 0 Å². The number of nitrogens with two attached hydrogens (primary N) is 1. The second kappa shape index (κ2) is 10.2. The highest BCUT2D eigenvalue weighted by Gasteiger charge is 2.28. The van der Waals surface area contributed by atoms with E-state index in [1.807, 2.05) is 30.3 Å². The van der Waals surface area contributed by atoms with Crippen molar-refractivity contribution in [2.75, 3.05) is 7.11 Å². The Balaban J connectivity index is 2.07. The third-order valence-corrected chi connectivity index (χ3v) is 4.07. The minimum absolute atomic E-state index is 0.0115. The van der Waals surface area contributed by atoms with E-state index >= 15 is 0 Å². The molecule has 0 spiro atoms. The number of nitrogens with one attached hydrogen (secondary N) is 1. The van der Waals surface area contributed by atoms with Gasteiger partial charge in [0, 0.05) is 12.2 Å². The van der Waals surface area contributed by atoms with Gasteiger partial charge in [-0.15, -0.1) is 0 Å². The molecule has 0 radical (unpaired) electrons. The van der Waals surface area contributed by atoms with Crippen LogP contribution in [0.25, 0.3) is 0 Å². The number of hydrogen-bond acceptors (Lipinski definition) is 6. The number of carbonyl (C=O) groups excluding carboxylic acids is 2. The SMILES string of the molecule is COC(=O)/C(=C(/C)NCc1ccccc1)[C@H](N)C(=O)OCc1ccc(F)cc1. The van der Waals surface area contributed by atoms with Crippen LogP contribution in [0.3, 0.4) is 0 Å². The molecule has 0 unspecified atom stereocenters. The van der Waals surface area contributed by atoms with Crippen molar-refractivity contribution in [2.24, 2.45) is 5.73 Å². The zero-order valence-electron chi connectivity index (χ0n) is 15.8. The lowest BCUT2D eigenvalue weighted by Gasteiger charge is -2.18. The van der Waals surface area contributed by atoms with Gasteiger partial charge in [-0.25, -0.2) is 14.0 Å². The fourth-order valence-electron chi connectivity index (χ4n) is 2.49. The Labute approximate surface area is 163 Å². The van der Waals surface area contributed by atoms with Crippen LogP contribution in [0.5, 0.6) is 0 Å². The smallest absolute Gasteiger partial charge is 0.337 e. The monoisotopic (exact) mass is 386 g/mol. The molecule has 0 aliphatic carbocycles. The first kappa shape index (κ1) is 21.1. The van der Waals surface area contributed by atoms with Crippen LogP contribution in [0.2, 0.25) is 0 Å². The maximum atomic E-state index is 12.9. The Hall–Kier alpha value is -3.19. The Morgan fingerprint density at radius 3 is 2.32 bits per heavy atom. The first-order valence-corrected chi connectivity index (χ1v) is 8.66. The molecule has 0 heterocycles. The summed E-state index contributed by atoms with van der Waals surface area (Å²) in [6.07, 6.45) is 0. The molecule has 7 heteroatoms. The molecule has 0 fully saturated rings. The fraction of sp³-hybridized carbons (Fsp3) is 0.238. The molecule has 0 aliphatic heterocycles. The molecule has 28 heavy (non-hydrogen) atoms. The van der Waals surface area contributed by atoms with E-state index in [4.69, 9.17) is 15.2 Å². The van der Waals surface area contributed by atoms with Gasteiger partial charge in [-0.2, -0.15) is 0 Å². The molecule has 6 nitrogen and oxygen atoms in total. The Morgan fingerprint density at radius 2 is 1.71 bits per heavy atom. The second-order valence-corrected chi connectivity index (χ2v) is 6.08. The van der Waals surface area contributed by atoms with Crippen molar-refractivity contribution in [3.63, 3.8) is 0 Å². The van der Waals surface area contributed by atoms with Gasteiger partial charge >= 0.3 is 11.9 Å². The molecule has 1 atom stereocenters. The zero-order valence-corrected chi connectivity index (χ0v) is 15.8. The van der Waals surface area contributed by atoms with Gasteiger partial charge in [0.25, 0.3) is 0 Å². The van der Waals surface area contributed by atoms with E-state index in [1.165, 1.54) is 31.4 Å². The number of hydrogen-bond donors (Lipinski definition) is 2. The molecule has 2 rings (SSSR count). The van der Waals surface area contributed by atoms with Gasteiger partial charge in [0.15, 0.2) is 0 Å². The second-order valence-electron chi connectivity index (χ2n) is 6.08. The number of rotatable bonds is 8. The third-order valence-electron chi connectivity index (χ3n) is 4.07. The molecule has 2 aromatic carbocycles. The van der Waals surface area contributed by atoms with E-state index in [2.05, 4.69) is 5.32 Å². The van der Waals surface area contributed by atoms with Gasteiger partial charge in [0.1, 0.15) is 18.5 Å². The van der Waals surface area contributed by atoms with Crippen LogP contribution >= 0.6 is 0 Å². The standard InChI is InChI=1S/C21H23FN2O4/c1-14(24-12-15-6-4-3-5-7-15)18(20(25)27-2)19(23)21(26)28-13-16-8-10-17(22)11-9-16/h3-11,19,24H,12-13,23H2,1-2H3/b18-14-/t19-/m0/s1. The van der Waals surface area contributed by atoms with Crippen molar-refractivity contribution >= 4 is 11.9 Å². The van der Waals surface area contributed by atoms with Gasteiger partial charge in [-0.05, 0) is 30.2 Å². The Bertz CT molecular complexity index is 835. The normalized spacial score (nSPS) is 12.6.